The van der Waals surface area contributed by atoms with E-state index in [0.717, 1.165) is 36.1 Å². The van der Waals surface area contributed by atoms with Gasteiger partial charge in [0.25, 0.3) is 0 Å². The van der Waals surface area contributed by atoms with Gasteiger partial charge in [-0.1, -0.05) is 61.4 Å². The van der Waals surface area contributed by atoms with E-state index in [9.17, 15) is 14.0 Å². The number of thiophene rings is 1. The van der Waals surface area contributed by atoms with Crippen LogP contribution in [0.1, 0.15) is 47.7 Å². The van der Waals surface area contributed by atoms with Crippen molar-refractivity contribution < 1.29 is 14.0 Å². The van der Waals surface area contributed by atoms with Gasteiger partial charge in [-0.2, -0.15) is 0 Å². The fraction of sp³-hybridized carbons (Fsp3) is 0.333. The maximum atomic E-state index is 13.7. The number of halogens is 1. The van der Waals surface area contributed by atoms with E-state index < -0.39 is 6.04 Å². The van der Waals surface area contributed by atoms with E-state index in [1.165, 1.54) is 23.5 Å². The molecule has 3 aromatic rings. The van der Waals surface area contributed by atoms with Crippen molar-refractivity contribution in [2.24, 2.45) is 0 Å². The van der Waals surface area contributed by atoms with Crippen molar-refractivity contribution in [1.29, 1.82) is 0 Å². The average molecular weight is 465 g/mol. The van der Waals surface area contributed by atoms with Gasteiger partial charge in [-0.15, -0.1) is 11.3 Å². The Hall–Kier alpha value is -2.99. The van der Waals surface area contributed by atoms with Crippen molar-refractivity contribution in [2.45, 2.75) is 50.6 Å². The molecule has 33 heavy (non-hydrogen) atoms. The minimum Gasteiger partial charge on any atom is -0.351 e. The molecule has 2 aromatic carbocycles. The zero-order chi connectivity index (χ0) is 23.0. The van der Waals surface area contributed by atoms with Crippen molar-refractivity contribution >= 4 is 23.2 Å². The molecule has 1 atom stereocenters. The van der Waals surface area contributed by atoms with Gasteiger partial charge in [0.2, 0.25) is 11.8 Å². The Kier molecular flexibility index (Phi) is 7.89. The van der Waals surface area contributed by atoms with E-state index in [1.54, 1.807) is 17.0 Å². The molecule has 0 unspecified atom stereocenters. The first-order valence-corrected chi connectivity index (χ1v) is 12.4. The fourth-order valence-corrected chi connectivity index (χ4v) is 5.12. The largest absolute Gasteiger partial charge is 0.351 e. The van der Waals surface area contributed by atoms with E-state index in [-0.39, 0.29) is 30.1 Å². The predicted octanol–water partition coefficient (Wildman–Crippen LogP) is 5.30. The summed E-state index contributed by atoms with van der Waals surface area (Å²) in [6.07, 6.45) is 4.97. The summed E-state index contributed by atoms with van der Waals surface area (Å²) in [6, 6.07) is 19.1. The summed E-state index contributed by atoms with van der Waals surface area (Å²) in [5, 5.41) is 5.11. The average Bonchev–Trinajstić information content (AvgIpc) is 3.52. The molecule has 1 heterocycles. The van der Waals surface area contributed by atoms with E-state index in [2.05, 4.69) is 5.32 Å². The Morgan fingerprint density at radius 3 is 2.39 bits per heavy atom. The van der Waals surface area contributed by atoms with Gasteiger partial charge in [0.05, 0.1) is 6.42 Å². The van der Waals surface area contributed by atoms with Crippen LogP contribution >= 0.6 is 11.3 Å². The van der Waals surface area contributed by atoms with E-state index in [4.69, 9.17) is 0 Å². The summed E-state index contributed by atoms with van der Waals surface area (Å²) in [5.74, 6) is -0.667. The lowest BCUT2D eigenvalue weighted by Gasteiger charge is -2.32. The minimum absolute atomic E-state index is 0.107. The molecule has 2 amide bonds. The summed E-state index contributed by atoms with van der Waals surface area (Å²) in [6.45, 7) is 0.397. The van der Waals surface area contributed by atoms with Crippen LogP contribution in [0.4, 0.5) is 4.39 Å². The predicted molar refractivity (Wildman–Crippen MR) is 129 cm³/mol. The second kappa shape index (κ2) is 11.2. The van der Waals surface area contributed by atoms with Crippen LogP contribution < -0.4 is 5.32 Å². The highest BCUT2D eigenvalue weighted by Crippen LogP contribution is 2.26. The summed E-state index contributed by atoms with van der Waals surface area (Å²) in [4.78, 5) is 29.7. The van der Waals surface area contributed by atoms with Crippen LogP contribution in [-0.4, -0.2) is 29.3 Å². The molecular formula is C27H29FN2O2S. The van der Waals surface area contributed by atoms with Gasteiger partial charge >= 0.3 is 0 Å². The van der Waals surface area contributed by atoms with Crippen LogP contribution in [0.3, 0.4) is 0 Å². The number of nitrogens with one attached hydrogen (secondary N) is 1. The van der Waals surface area contributed by atoms with Crippen molar-refractivity contribution in [3.8, 4) is 0 Å². The van der Waals surface area contributed by atoms with Crippen molar-refractivity contribution in [3.05, 3.63) is 93.9 Å². The van der Waals surface area contributed by atoms with Crippen molar-refractivity contribution in [3.63, 3.8) is 0 Å². The third-order valence-corrected chi connectivity index (χ3v) is 7.03. The molecule has 1 saturated carbocycles. The first kappa shape index (κ1) is 23.2. The number of hydrogen-bond acceptors (Lipinski definition) is 3. The lowest BCUT2D eigenvalue weighted by molar-refractivity contribution is -0.140. The molecule has 4 nitrogen and oxygen atoms in total. The van der Waals surface area contributed by atoms with Gasteiger partial charge in [0.1, 0.15) is 11.9 Å². The van der Waals surface area contributed by atoms with Gasteiger partial charge in [-0.25, -0.2) is 4.39 Å². The number of hydrogen-bond donors (Lipinski definition) is 1. The first-order valence-electron chi connectivity index (χ1n) is 11.5. The van der Waals surface area contributed by atoms with Crippen LogP contribution in [0.5, 0.6) is 0 Å². The highest BCUT2D eigenvalue weighted by molar-refractivity contribution is 7.10. The molecule has 0 radical (unpaired) electrons. The lowest BCUT2D eigenvalue weighted by atomic mass is 10.0. The van der Waals surface area contributed by atoms with Crippen molar-refractivity contribution in [1.82, 2.24) is 10.2 Å². The number of carbonyl (C=O) groups excluding carboxylic acids is 2. The minimum atomic E-state index is -0.803. The third kappa shape index (κ3) is 6.29. The highest BCUT2D eigenvalue weighted by atomic mass is 32.1. The van der Waals surface area contributed by atoms with Crippen LogP contribution in [0.25, 0.3) is 0 Å². The van der Waals surface area contributed by atoms with Crippen LogP contribution in [0.2, 0.25) is 0 Å². The molecule has 0 bridgehead atoms. The fourth-order valence-electron chi connectivity index (χ4n) is 4.42. The Morgan fingerprint density at radius 1 is 1.00 bits per heavy atom. The molecule has 0 saturated heterocycles. The zero-order valence-electron chi connectivity index (χ0n) is 18.6. The van der Waals surface area contributed by atoms with Gasteiger partial charge in [-0.05, 0) is 54.0 Å². The molecular weight excluding hydrogens is 435 g/mol. The lowest BCUT2D eigenvalue weighted by Crippen LogP contribution is -2.47. The summed E-state index contributed by atoms with van der Waals surface area (Å²) >= 11 is 1.53. The molecule has 6 heteroatoms. The standard InChI is InChI=1S/C27H29FN2O2S/c28-22-14-12-21(13-15-22)26(27(32)29-23-9-4-5-10-23)30(17-16-20-7-2-1-3-8-20)25(31)19-24-11-6-18-33-24/h1-3,6-8,11-15,18,23,26H,4-5,9-10,16-17,19H2,(H,29,32)/t26-/m0/s1. The van der Waals surface area contributed by atoms with Crippen LogP contribution in [-0.2, 0) is 22.4 Å². The Labute approximate surface area is 198 Å². The Balaban J connectivity index is 1.64. The monoisotopic (exact) mass is 464 g/mol. The molecule has 0 spiro atoms. The summed E-state index contributed by atoms with van der Waals surface area (Å²) in [7, 11) is 0. The molecule has 1 N–H and O–H groups in total. The van der Waals surface area contributed by atoms with Crippen LogP contribution in [0, 0.1) is 5.82 Å². The molecule has 1 aliphatic rings. The smallest absolute Gasteiger partial charge is 0.247 e. The zero-order valence-corrected chi connectivity index (χ0v) is 19.4. The van der Waals surface area contributed by atoms with Crippen molar-refractivity contribution in [2.75, 3.05) is 6.54 Å². The first-order chi connectivity index (χ1) is 16.1. The second-order valence-electron chi connectivity index (χ2n) is 8.52. The Morgan fingerprint density at radius 2 is 1.73 bits per heavy atom. The second-order valence-corrected chi connectivity index (χ2v) is 9.56. The quantitative estimate of drug-likeness (QED) is 0.467. The number of rotatable bonds is 9. The van der Waals surface area contributed by atoms with Gasteiger partial charge < -0.3 is 10.2 Å². The molecule has 1 aromatic heterocycles. The summed E-state index contributed by atoms with van der Waals surface area (Å²) < 4.78 is 13.7. The van der Waals surface area contributed by atoms with E-state index >= 15 is 0 Å². The molecule has 1 aliphatic carbocycles. The number of amides is 2. The number of benzene rings is 2. The normalized spacial score (nSPS) is 14.7. The van der Waals surface area contributed by atoms with Gasteiger partial charge in [-0.3, -0.25) is 9.59 Å². The maximum absolute atomic E-state index is 13.7. The van der Waals surface area contributed by atoms with E-state index in [1.807, 2.05) is 47.8 Å². The highest BCUT2D eigenvalue weighted by Gasteiger charge is 2.33. The Bertz CT molecular complexity index is 1030. The third-order valence-electron chi connectivity index (χ3n) is 6.16. The van der Waals surface area contributed by atoms with Gasteiger partial charge in [0, 0.05) is 17.5 Å². The number of carbonyl (C=O) groups is 2. The topological polar surface area (TPSA) is 49.4 Å². The SMILES string of the molecule is O=C(NC1CCCC1)[C@H](c1ccc(F)cc1)N(CCc1ccccc1)C(=O)Cc1cccs1. The number of nitrogens with zero attached hydrogens (tertiary/aromatic N) is 1. The van der Waals surface area contributed by atoms with Gasteiger partial charge in [0.15, 0.2) is 0 Å². The molecule has 0 aliphatic heterocycles. The van der Waals surface area contributed by atoms with E-state index in [0.29, 0.717) is 18.5 Å². The maximum Gasteiger partial charge on any atom is 0.247 e. The molecule has 1 fully saturated rings. The van der Waals surface area contributed by atoms with Crippen LogP contribution in [0.15, 0.2) is 72.1 Å². The molecule has 4 rings (SSSR count). The summed E-state index contributed by atoms with van der Waals surface area (Å²) in [5.41, 5.74) is 1.72. The molecule has 172 valence electrons.